The van der Waals surface area contributed by atoms with Gasteiger partial charge in [-0.15, -0.1) is 0 Å². The Morgan fingerprint density at radius 1 is 1.26 bits per heavy atom. The van der Waals surface area contributed by atoms with Crippen molar-refractivity contribution in [2.75, 3.05) is 0 Å². The van der Waals surface area contributed by atoms with E-state index < -0.39 is 0 Å². The van der Waals surface area contributed by atoms with Crippen molar-refractivity contribution in [1.82, 2.24) is 14.8 Å². The summed E-state index contributed by atoms with van der Waals surface area (Å²) in [6.07, 6.45) is 8.94. The molecule has 0 bridgehead atoms. The van der Waals surface area contributed by atoms with Crippen LogP contribution in [0, 0.1) is 12.3 Å². The van der Waals surface area contributed by atoms with E-state index in [1.54, 1.807) is 10.7 Å². The first-order valence-corrected chi connectivity index (χ1v) is 12.0. The van der Waals surface area contributed by atoms with Gasteiger partial charge in [0.15, 0.2) is 0 Å². The second kappa shape index (κ2) is 9.71. The average Bonchev–Trinajstić information content (AvgIpc) is 3.52. The molecule has 7 N–H and O–H groups in total. The fraction of sp³-hybridized carbons (Fsp3) is 0.346. The normalized spacial score (nSPS) is 21.0. The number of hydrogen-bond acceptors (Lipinski definition) is 5. The summed E-state index contributed by atoms with van der Waals surface area (Å²) in [5.74, 6) is 0.233. The molecule has 1 fully saturated rings. The second-order valence-corrected chi connectivity index (χ2v) is 10.1. The first-order valence-electron chi connectivity index (χ1n) is 11.6. The van der Waals surface area contributed by atoms with Crippen molar-refractivity contribution in [2.24, 2.45) is 39.6 Å². The van der Waals surface area contributed by atoms with Crippen molar-refractivity contribution in [1.29, 1.82) is 0 Å². The van der Waals surface area contributed by atoms with Gasteiger partial charge in [0.1, 0.15) is 5.84 Å². The summed E-state index contributed by atoms with van der Waals surface area (Å²) in [5.41, 5.74) is 24.4. The highest BCUT2D eigenvalue weighted by Gasteiger charge is 2.41. The lowest BCUT2D eigenvalue weighted by Crippen LogP contribution is -2.38. The van der Waals surface area contributed by atoms with Crippen molar-refractivity contribution < 1.29 is 0 Å². The predicted molar refractivity (Wildman–Crippen MR) is 144 cm³/mol. The number of nitrogens with two attached hydrogens (primary N) is 3. The maximum absolute atomic E-state index is 6.52. The number of aryl methyl sites for hydroxylation is 2. The first-order chi connectivity index (χ1) is 16.6. The van der Waals surface area contributed by atoms with Crippen molar-refractivity contribution in [3.63, 3.8) is 0 Å². The number of nitrogens with one attached hydrogen (secondary N) is 1. The summed E-state index contributed by atoms with van der Waals surface area (Å²) in [5, 5.41) is 4.78. The topological polar surface area (TPSA) is 136 Å². The highest BCUT2D eigenvalue weighted by atomic mass is 35.5. The van der Waals surface area contributed by atoms with Gasteiger partial charge in [-0.05, 0) is 43.5 Å². The van der Waals surface area contributed by atoms with Crippen LogP contribution in [0.4, 0.5) is 5.69 Å². The quantitative estimate of drug-likeness (QED) is 0.302. The van der Waals surface area contributed by atoms with Gasteiger partial charge in [0.2, 0.25) is 0 Å². The van der Waals surface area contributed by atoms with Crippen LogP contribution in [0.25, 0.3) is 11.1 Å². The number of halogens is 1. The molecule has 1 aliphatic carbocycles. The Hall–Kier alpha value is -3.36. The number of nitrogens with zero attached hydrogens (tertiary/aromatic N) is 4. The molecule has 0 spiro atoms. The maximum atomic E-state index is 6.52. The Morgan fingerprint density at radius 3 is 2.66 bits per heavy atom. The van der Waals surface area contributed by atoms with E-state index in [4.69, 9.17) is 33.8 Å². The smallest absolute Gasteiger partial charge is 0.135 e. The van der Waals surface area contributed by atoms with E-state index in [-0.39, 0.29) is 23.3 Å². The molecule has 8 nitrogen and oxygen atoms in total. The Balaban J connectivity index is 1.81. The molecule has 9 heteroatoms. The van der Waals surface area contributed by atoms with Crippen LogP contribution in [-0.2, 0) is 7.05 Å². The van der Waals surface area contributed by atoms with E-state index in [0.29, 0.717) is 22.0 Å². The average molecular weight is 493 g/mol. The van der Waals surface area contributed by atoms with Crippen LogP contribution < -0.4 is 17.2 Å². The molecule has 0 radical (unpaired) electrons. The van der Waals surface area contributed by atoms with Crippen LogP contribution in [0.1, 0.15) is 37.9 Å². The number of hydrogen-bond donors (Lipinski definition) is 4. The number of H-pyrrole nitrogens is 1. The number of rotatable bonds is 6. The van der Waals surface area contributed by atoms with Gasteiger partial charge >= 0.3 is 0 Å². The first kappa shape index (κ1) is 24.8. The number of amidine groups is 1. The molecule has 1 aromatic carbocycles. The molecule has 0 amide bonds. The Bertz CT molecular complexity index is 1310. The fourth-order valence-electron chi connectivity index (χ4n) is 4.45. The highest BCUT2D eigenvalue weighted by Crippen LogP contribution is 2.39. The maximum Gasteiger partial charge on any atom is 0.135 e. The monoisotopic (exact) mass is 492 g/mol. The van der Waals surface area contributed by atoms with Crippen molar-refractivity contribution >= 4 is 28.8 Å². The second-order valence-electron chi connectivity index (χ2n) is 9.74. The zero-order chi connectivity index (χ0) is 25.3. The zero-order valence-electron chi connectivity index (χ0n) is 20.6. The Labute approximate surface area is 211 Å². The molecular weight excluding hydrogens is 460 g/mol. The van der Waals surface area contributed by atoms with Crippen molar-refractivity contribution in [3.8, 4) is 11.1 Å². The standard InChI is InChI=1S/C26H33ClN8/c1-15-5-6-19(27)20(9-15)33-25(30)18(11-28)24(34-23-8-7-22(29)26(23,2)3)21-10-16(12-31-21)17-13-32-35(4)14-17/h5-6,9-14,22-23,31H,7-8,28-29H2,1-4H3,(H2,30,33)/b18-11+,34-24?. The third-order valence-corrected chi connectivity index (χ3v) is 7.19. The summed E-state index contributed by atoms with van der Waals surface area (Å²) >= 11 is 6.38. The van der Waals surface area contributed by atoms with Gasteiger partial charge in [-0.3, -0.25) is 9.67 Å². The molecule has 0 aliphatic heterocycles. The Kier molecular flexibility index (Phi) is 6.87. The van der Waals surface area contributed by atoms with Gasteiger partial charge < -0.3 is 22.2 Å². The van der Waals surface area contributed by atoms with Crippen LogP contribution in [0.3, 0.4) is 0 Å². The van der Waals surface area contributed by atoms with Gasteiger partial charge in [-0.2, -0.15) is 5.10 Å². The van der Waals surface area contributed by atoms with E-state index in [2.05, 4.69) is 28.9 Å². The number of aromatic nitrogens is 3. The molecule has 35 heavy (non-hydrogen) atoms. The molecule has 1 aliphatic rings. The molecule has 2 aromatic heterocycles. The van der Waals surface area contributed by atoms with E-state index in [1.165, 1.54) is 6.20 Å². The van der Waals surface area contributed by atoms with E-state index in [9.17, 15) is 0 Å². The largest absolute Gasteiger partial charge is 0.404 e. The van der Waals surface area contributed by atoms with Gasteiger partial charge in [-0.25, -0.2) is 4.99 Å². The van der Waals surface area contributed by atoms with Crippen LogP contribution in [-0.4, -0.2) is 38.4 Å². The third kappa shape index (κ3) is 5.04. The molecule has 0 saturated heterocycles. The van der Waals surface area contributed by atoms with Gasteiger partial charge in [0, 0.05) is 48.2 Å². The summed E-state index contributed by atoms with van der Waals surface area (Å²) < 4.78 is 1.76. The van der Waals surface area contributed by atoms with Crippen molar-refractivity contribution in [2.45, 2.75) is 45.7 Å². The zero-order valence-corrected chi connectivity index (χ0v) is 21.3. The highest BCUT2D eigenvalue weighted by molar-refractivity contribution is 6.34. The molecule has 4 rings (SSSR count). The summed E-state index contributed by atoms with van der Waals surface area (Å²) in [6.45, 7) is 6.28. The lowest BCUT2D eigenvalue weighted by molar-refractivity contribution is 0.296. The van der Waals surface area contributed by atoms with Crippen LogP contribution in [0.5, 0.6) is 0 Å². The van der Waals surface area contributed by atoms with Crippen LogP contribution in [0.2, 0.25) is 5.02 Å². The Morgan fingerprint density at radius 2 is 2.03 bits per heavy atom. The van der Waals surface area contributed by atoms with Gasteiger partial charge in [-0.1, -0.05) is 31.5 Å². The number of aliphatic imine (C=N–C) groups is 2. The predicted octanol–water partition coefficient (Wildman–Crippen LogP) is 4.21. The number of aromatic amines is 1. The van der Waals surface area contributed by atoms with Crippen LogP contribution >= 0.6 is 11.6 Å². The molecule has 2 atom stereocenters. The van der Waals surface area contributed by atoms with E-state index in [0.717, 1.165) is 35.2 Å². The fourth-order valence-corrected chi connectivity index (χ4v) is 4.61. The lowest BCUT2D eigenvalue weighted by atomic mass is 9.84. The molecular formula is C26H33ClN8. The molecule has 3 aromatic rings. The van der Waals surface area contributed by atoms with E-state index in [1.807, 2.05) is 50.8 Å². The summed E-state index contributed by atoms with van der Waals surface area (Å²) in [6, 6.07) is 7.70. The minimum Gasteiger partial charge on any atom is -0.404 e. The summed E-state index contributed by atoms with van der Waals surface area (Å²) in [7, 11) is 1.89. The molecule has 1 saturated carbocycles. The molecule has 2 heterocycles. The minimum atomic E-state index is -0.171. The van der Waals surface area contributed by atoms with Gasteiger partial charge in [0.25, 0.3) is 0 Å². The third-order valence-electron chi connectivity index (χ3n) is 6.87. The molecule has 2 unspecified atom stereocenters. The minimum absolute atomic E-state index is 0.00273. The van der Waals surface area contributed by atoms with Crippen molar-refractivity contribution in [3.05, 3.63) is 70.9 Å². The van der Waals surface area contributed by atoms with Gasteiger partial charge in [0.05, 0.1) is 39.9 Å². The lowest BCUT2D eigenvalue weighted by Gasteiger charge is -2.29. The summed E-state index contributed by atoms with van der Waals surface area (Å²) in [4.78, 5) is 13.1. The van der Waals surface area contributed by atoms with Crippen LogP contribution in [0.15, 0.2) is 64.6 Å². The SMILES string of the molecule is Cc1ccc(Cl)c(N=C(N)/C(=C/N)C(=NC2CCC(N)C2(C)C)c2cc(-c3cnn(C)c3)c[nH]2)c1. The molecule has 184 valence electrons. The number of benzene rings is 1. The van der Waals surface area contributed by atoms with E-state index >= 15 is 0 Å².